The van der Waals surface area contributed by atoms with Gasteiger partial charge in [-0.25, -0.2) is 0 Å². The van der Waals surface area contributed by atoms with Gasteiger partial charge in [-0.2, -0.15) is 0 Å². The van der Waals surface area contributed by atoms with Crippen LogP contribution < -0.4 is 0 Å². The molecule has 0 saturated carbocycles. The molecule has 0 bridgehead atoms. The fourth-order valence-corrected chi connectivity index (χ4v) is 6.20. The van der Waals surface area contributed by atoms with Gasteiger partial charge in [0.05, 0.1) is 33.0 Å². The minimum atomic E-state index is -2.32. The Morgan fingerprint density at radius 3 is 1.67 bits per heavy atom. The molecule has 0 aromatic heterocycles. The Hall–Kier alpha value is -2.62. The van der Waals surface area contributed by atoms with Gasteiger partial charge in [-0.05, 0) is 40.4 Å². The highest BCUT2D eigenvalue weighted by Crippen LogP contribution is 2.41. The van der Waals surface area contributed by atoms with Crippen molar-refractivity contribution >= 4 is 8.32 Å². The molecule has 3 aromatic rings. The van der Waals surface area contributed by atoms with E-state index in [1.807, 2.05) is 91.0 Å². The Bertz CT molecular complexity index is 1240. The Kier molecular flexibility index (Phi) is 11.9. The van der Waals surface area contributed by atoms with Crippen molar-refractivity contribution in [2.24, 2.45) is 0 Å². The van der Waals surface area contributed by atoms with Crippen LogP contribution in [-0.4, -0.2) is 57.2 Å². The van der Waals surface area contributed by atoms with Crippen molar-refractivity contribution < 1.29 is 28.5 Å². The zero-order chi connectivity index (χ0) is 30.9. The number of benzene rings is 3. The third-order valence-corrected chi connectivity index (χ3v) is 12.9. The molecular weight excluding hydrogens is 556 g/mol. The maximum Gasteiger partial charge on any atom is 0.192 e. The Labute approximate surface area is 258 Å². The lowest BCUT2D eigenvalue weighted by Crippen LogP contribution is -2.64. The topological polar surface area (TPSA) is 66.4 Å². The maximum atomic E-state index is 10.3. The van der Waals surface area contributed by atoms with Gasteiger partial charge in [0.25, 0.3) is 0 Å². The van der Waals surface area contributed by atoms with Gasteiger partial charge in [-0.3, -0.25) is 0 Å². The predicted octanol–water partition coefficient (Wildman–Crippen LogP) is 7.08. The van der Waals surface area contributed by atoms with E-state index in [9.17, 15) is 5.11 Å². The lowest BCUT2D eigenvalue weighted by Gasteiger charge is -2.50. The van der Waals surface area contributed by atoms with Crippen molar-refractivity contribution in [3.63, 3.8) is 0 Å². The van der Waals surface area contributed by atoms with Gasteiger partial charge in [-0.1, -0.05) is 118 Å². The minimum Gasteiger partial charge on any atom is -0.408 e. The first-order valence-electron chi connectivity index (χ1n) is 15.1. The molecule has 0 spiro atoms. The maximum absolute atomic E-state index is 10.3. The third-order valence-electron chi connectivity index (χ3n) is 8.44. The average molecular weight is 605 g/mol. The van der Waals surface area contributed by atoms with Crippen LogP contribution in [0.3, 0.4) is 0 Å². The first kappa shape index (κ1) is 33.3. The van der Waals surface area contributed by atoms with E-state index in [0.717, 1.165) is 16.7 Å². The molecule has 1 heterocycles. The van der Waals surface area contributed by atoms with Crippen LogP contribution in [0.4, 0.5) is 0 Å². The van der Waals surface area contributed by atoms with Gasteiger partial charge in [-0.15, -0.1) is 0 Å². The Morgan fingerprint density at radius 2 is 1.21 bits per heavy atom. The lowest BCUT2D eigenvalue weighted by molar-refractivity contribution is -0.251. The molecule has 6 nitrogen and oxygen atoms in total. The number of aliphatic hydroxyl groups is 1. The van der Waals surface area contributed by atoms with Crippen molar-refractivity contribution in [1.29, 1.82) is 0 Å². The highest BCUT2D eigenvalue weighted by molar-refractivity contribution is 6.74. The van der Waals surface area contributed by atoms with Crippen LogP contribution in [0.15, 0.2) is 103 Å². The van der Waals surface area contributed by atoms with Crippen molar-refractivity contribution in [1.82, 2.24) is 0 Å². The zero-order valence-corrected chi connectivity index (χ0v) is 27.3. The summed E-state index contributed by atoms with van der Waals surface area (Å²) in [6.07, 6.45) is -2.62. The number of ether oxygens (including phenoxy) is 4. The van der Waals surface area contributed by atoms with Crippen molar-refractivity contribution in [3.05, 3.63) is 120 Å². The van der Waals surface area contributed by atoms with E-state index in [1.54, 1.807) is 0 Å². The molecule has 43 heavy (non-hydrogen) atoms. The molecule has 1 fully saturated rings. The summed E-state index contributed by atoms with van der Waals surface area (Å²) in [5, 5.41) is 10.2. The summed E-state index contributed by atoms with van der Waals surface area (Å²) in [6, 6.07) is 30.3. The molecule has 1 aliphatic heterocycles. The summed E-state index contributed by atoms with van der Waals surface area (Å²) in [5.74, 6) is 0. The normalized spacial score (nSPS) is 22.8. The van der Waals surface area contributed by atoms with Gasteiger partial charge < -0.3 is 28.5 Å². The Morgan fingerprint density at radius 1 is 0.744 bits per heavy atom. The van der Waals surface area contributed by atoms with E-state index < -0.39 is 38.8 Å². The van der Waals surface area contributed by atoms with Crippen LogP contribution in [-0.2, 0) is 43.2 Å². The zero-order valence-electron chi connectivity index (χ0n) is 26.3. The van der Waals surface area contributed by atoms with Gasteiger partial charge >= 0.3 is 0 Å². The summed E-state index contributed by atoms with van der Waals surface area (Å²) < 4.78 is 33.5. The van der Waals surface area contributed by atoms with E-state index >= 15 is 0 Å². The van der Waals surface area contributed by atoms with Crippen LogP contribution in [0.5, 0.6) is 0 Å². The van der Waals surface area contributed by atoms with Gasteiger partial charge in [0.15, 0.2) is 8.32 Å². The third kappa shape index (κ3) is 9.19. The van der Waals surface area contributed by atoms with Gasteiger partial charge in [0.1, 0.15) is 30.5 Å². The molecule has 1 aliphatic rings. The molecule has 5 atom stereocenters. The number of rotatable bonds is 14. The second-order valence-corrected chi connectivity index (χ2v) is 17.5. The second-order valence-electron chi connectivity index (χ2n) is 12.8. The number of aliphatic hydroxyl groups excluding tert-OH is 1. The molecule has 4 rings (SSSR count). The molecule has 0 aliphatic carbocycles. The summed E-state index contributed by atoms with van der Waals surface area (Å²) in [7, 11) is -2.32. The number of hydrogen-bond donors (Lipinski definition) is 1. The molecule has 1 N–H and O–H groups in total. The molecule has 0 unspecified atom stereocenters. The van der Waals surface area contributed by atoms with Crippen LogP contribution in [0.25, 0.3) is 0 Å². The molecule has 7 heteroatoms. The minimum absolute atomic E-state index is 0.0574. The van der Waals surface area contributed by atoms with E-state index in [4.69, 9.17) is 23.4 Å². The summed E-state index contributed by atoms with van der Waals surface area (Å²) in [5.41, 5.74) is 3.73. The summed E-state index contributed by atoms with van der Waals surface area (Å²) >= 11 is 0. The summed E-state index contributed by atoms with van der Waals surface area (Å²) in [6.45, 7) is 16.5. The smallest absolute Gasteiger partial charge is 0.192 e. The van der Waals surface area contributed by atoms with Crippen molar-refractivity contribution in [2.75, 3.05) is 13.2 Å². The first-order chi connectivity index (χ1) is 20.6. The monoisotopic (exact) mass is 604 g/mol. The first-order valence-corrected chi connectivity index (χ1v) is 18.0. The predicted molar refractivity (Wildman–Crippen MR) is 173 cm³/mol. The molecule has 3 aromatic carbocycles. The molecule has 1 saturated heterocycles. The SMILES string of the molecule is C=C(CO)[C@@H]1O[C@H](COCc2ccccc2)[C@@H](OCc2ccccc2)[C@H](OCc2ccccc2)[C@H]1O[Si](C)(C)C(C)(C)C. The van der Waals surface area contributed by atoms with Gasteiger partial charge in [0.2, 0.25) is 0 Å². The highest BCUT2D eigenvalue weighted by Gasteiger charge is 2.52. The summed E-state index contributed by atoms with van der Waals surface area (Å²) in [4.78, 5) is 0. The van der Waals surface area contributed by atoms with Crippen LogP contribution >= 0.6 is 0 Å². The molecule has 232 valence electrons. The lowest BCUT2D eigenvalue weighted by atomic mass is 9.91. The van der Waals surface area contributed by atoms with Crippen molar-refractivity contribution in [3.8, 4) is 0 Å². The fourth-order valence-electron chi connectivity index (χ4n) is 4.90. The van der Waals surface area contributed by atoms with Crippen LogP contribution in [0.1, 0.15) is 37.5 Å². The number of hydrogen-bond acceptors (Lipinski definition) is 6. The second kappa shape index (κ2) is 15.4. The molecular formula is C36H48O6Si. The highest BCUT2D eigenvalue weighted by atomic mass is 28.4. The van der Waals surface area contributed by atoms with Crippen molar-refractivity contribution in [2.45, 2.75) is 89.2 Å². The molecule has 0 radical (unpaired) electrons. The van der Waals surface area contributed by atoms with Gasteiger partial charge in [0, 0.05) is 0 Å². The molecule has 0 amide bonds. The quantitative estimate of drug-likeness (QED) is 0.157. The average Bonchev–Trinajstić information content (AvgIpc) is 3.00. The Balaban J connectivity index is 1.69. The van der Waals surface area contributed by atoms with Crippen LogP contribution in [0.2, 0.25) is 18.1 Å². The van der Waals surface area contributed by atoms with E-state index in [2.05, 4.69) is 40.4 Å². The standard InChI is InChI=1S/C36H48O6Si/c1-27(22-37)32-35(42-43(5,6)36(2,3)4)34(40-25-30-20-14-9-15-21-30)33(39-24-29-18-12-8-13-19-29)31(41-32)26-38-23-28-16-10-7-11-17-28/h7-21,31-35,37H,1,22-26H2,2-6H3/t31-,32+,33-,34+,35+/m1/s1. The largest absolute Gasteiger partial charge is 0.408 e. The fraction of sp³-hybridized carbons (Fsp3) is 0.444. The van der Waals surface area contributed by atoms with Crippen LogP contribution in [0, 0.1) is 0 Å². The van der Waals surface area contributed by atoms with E-state index in [0.29, 0.717) is 25.4 Å². The van der Waals surface area contributed by atoms with E-state index in [-0.39, 0.29) is 18.3 Å². The van der Waals surface area contributed by atoms with E-state index in [1.165, 1.54) is 0 Å².